The largest absolute Gasteiger partial charge is 0.360 e. The second-order valence-corrected chi connectivity index (χ2v) is 6.58. The van der Waals surface area contributed by atoms with Crippen LogP contribution in [0.15, 0.2) is 6.07 Å². The Morgan fingerprint density at radius 1 is 1.33 bits per heavy atom. The van der Waals surface area contributed by atoms with E-state index in [-0.39, 0.29) is 0 Å². The zero-order valence-corrected chi connectivity index (χ0v) is 13.7. The molecule has 1 saturated carbocycles. The van der Waals surface area contributed by atoms with Crippen molar-refractivity contribution in [2.45, 2.75) is 51.1 Å². The van der Waals surface area contributed by atoms with E-state index in [1.807, 2.05) is 6.07 Å². The highest BCUT2D eigenvalue weighted by atomic mass is 35.5. The van der Waals surface area contributed by atoms with Crippen LogP contribution in [0.5, 0.6) is 0 Å². The number of aromatic nitrogens is 2. The summed E-state index contributed by atoms with van der Waals surface area (Å²) in [5, 5.41) is 7.26. The van der Waals surface area contributed by atoms with Crippen molar-refractivity contribution in [1.82, 2.24) is 15.3 Å². The number of hydrogen-bond donors (Lipinski definition) is 2. The molecule has 1 aromatic heterocycles. The van der Waals surface area contributed by atoms with E-state index in [1.165, 1.54) is 32.1 Å². The quantitative estimate of drug-likeness (QED) is 0.658. The fourth-order valence-electron chi connectivity index (χ4n) is 2.60. The van der Waals surface area contributed by atoms with E-state index in [0.29, 0.717) is 28.3 Å². The summed E-state index contributed by atoms with van der Waals surface area (Å²) in [7, 11) is 0. The van der Waals surface area contributed by atoms with Crippen molar-refractivity contribution in [2.75, 3.05) is 16.8 Å². The molecular weight excluding hydrogens is 306 g/mol. The number of rotatable bonds is 3. The average molecular weight is 326 g/mol. The van der Waals surface area contributed by atoms with Gasteiger partial charge in [-0.05, 0) is 51.2 Å². The van der Waals surface area contributed by atoms with Crippen LogP contribution in [0, 0.1) is 0 Å². The van der Waals surface area contributed by atoms with E-state index in [0.717, 1.165) is 12.4 Å². The SMILES string of the molecule is CC1CCCCN1c1cc(Cl)nc(NC(=S)NC2CC2)n1. The predicted molar refractivity (Wildman–Crippen MR) is 90.1 cm³/mol. The van der Waals surface area contributed by atoms with Crippen molar-refractivity contribution in [3.05, 3.63) is 11.2 Å². The highest BCUT2D eigenvalue weighted by molar-refractivity contribution is 7.80. The van der Waals surface area contributed by atoms with Gasteiger partial charge in [-0.25, -0.2) is 4.98 Å². The van der Waals surface area contributed by atoms with E-state index < -0.39 is 0 Å². The van der Waals surface area contributed by atoms with Gasteiger partial charge in [0.2, 0.25) is 5.95 Å². The molecule has 0 amide bonds. The van der Waals surface area contributed by atoms with Gasteiger partial charge in [0.05, 0.1) is 0 Å². The van der Waals surface area contributed by atoms with Gasteiger partial charge >= 0.3 is 0 Å². The molecule has 1 saturated heterocycles. The van der Waals surface area contributed by atoms with Crippen molar-refractivity contribution in [3.63, 3.8) is 0 Å². The van der Waals surface area contributed by atoms with Crippen molar-refractivity contribution in [3.8, 4) is 0 Å². The predicted octanol–water partition coefficient (Wildman–Crippen LogP) is 2.96. The lowest BCUT2D eigenvalue weighted by molar-refractivity contribution is 0.481. The molecule has 2 N–H and O–H groups in total. The zero-order valence-electron chi connectivity index (χ0n) is 12.1. The number of anilines is 2. The molecule has 7 heteroatoms. The number of thiocarbonyl (C=S) groups is 1. The van der Waals surface area contributed by atoms with Crippen LogP contribution in [0.3, 0.4) is 0 Å². The molecule has 1 unspecified atom stereocenters. The minimum Gasteiger partial charge on any atom is -0.360 e. The molecule has 1 aliphatic heterocycles. The summed E-state index contributed by atoms with van der Waals surface area (Å²) in [5.41, 5.74) is 0. The summed E-state index contributed by atoms with van der Waals surface area (Å²) in [6.07, 6.45) is 6.00. The highest BCUT2D eigenvalue weighted by Gasteiger charge is 2.23. The summed E-state index contributed by atoms with van der Waals surface area (Å²) in [5.74, 6) is 1.34. The third-order valence-electron chi connectivity index (χ3n) is 3.92. The van der Waals surface area contributed by atoms with Crippen molar-refractivity contribution in [2.24, 2.45) is 0 Å². The minimum absolute atomic E-state index is 0.439. The van der Waals surface area contributed by atoms with E-state index in [4.69, 9.17) is 23.8 Å². The second kappa shape index (κ2) is 6.32. The van der Waals surface area contributed by atoms with E-state index in [9.17, 15) is 0 Å². The molecule has 1 aliphatic carbocycles. The second-order valence-electron chi connectivity index (χ2n) is 5.78. The molecule has 2 heterocycles. The van der Waals surface area contributed by atoms with Crippen LogP contribution >= 0.6 is 23.8 Å². The number of nitrogens with one attached hydrogen (secondary N) is 2. The molecule has 0 radical (unpaired) electrons. The van der Waals surface area contributed by atoms with E-state index in [2.05, 4.69) is 32.4 Å². The van der Waals surface area contributed by atoms with Crippen LogP contribution in [0.2, 0.25) is 5.15 Å². The first-order valence-corrected chi connectivity index (χ1v) is 8.29. The first-order valence-electron chi connectivity index (χ1n) is 7.50. The normalized spacial score (nSPS) is 22.0. The summed E-state index contributed by atoms with van der Waals surface area (Å²) in [4.78, 5) is 11.1. The fourth-order valence-corrected chi connectivity index (χ4v) is 3.03. The van der Waals surface area contributed by atoms with E-state index >= 15 is 0 Å². The smallest absolute Gasteiger partial charge is 0.232 e. The topological polar surface area (TPSA) is 53.1 Å². The van der Waals surface area contributed by atoms with Crippen molar-refractivity contribution >= 4 is 40.7 Å². The van der Waals surface area contributed by atoms with Gasteiger partial charge in [-0.15, -0.1) is 0 Å². The molecule has 0 bridgehead atoms. The van der Waals surface area contributed by atoms with Crippen molar-refractivity contribution in [1.29, 1.82) is 0 Å². The van der Waals surface area contributed by atoms with Crippen LogP contribution in [0.25, 0.3) is 0 Å². The maximum absolute atomic E-state index is 6.14. The molecule has 21 heavy (non-hydrogen) atoms. The van der Waals surface area contributed by atoms with E-state index in [1.54, 1.807) is 0 Å². The maximum atomic E-state index is 6.14. The molecule has 1 aromatic rings. The van der Waals surface area contributed by atoms with Gasteiger partial charge in [0.1, 0.15) is 11.0 Å². The van der Waals surface area contributed by atoms with Gasteiger partial charge in [-0.2, -0.15) is 4.98 Å². The minimum atomic E-state index is 0.439. The Bertz CT molecular complexity index is 534. The highest BCUT2D eigenvalue weighted by Crippen LogP contribution is 2.25. The number of nitrogens with zero attached hydrogens (tertiary/aromatic N) is 3. The Balaban J connectivity index is 1.73. The number of halogens is 1. The summed E-state index contributed by atoms with van der Waals surface area (Å²) >= 11 is 11.4. The zero-order chi connectivity index (χ0) is 14.8. The Morgan fingerprint density at radius 3 is 2.86 bits per heavy atom. The third-order valence-corrected chi connectivity index (χ3v) is 4.33. The molecule has 5 nitrogen and oxygen atoms in total. The molecule has 114 valence electrons. The molecule has 3 rings (SSSR count). The Morgan fingerprint density at radius 2 is 2.14 bits per heavy atom. The number of piperidine rings is 1. The fraction of sp³-hybridized carbons (Fsp3) is 0.643. The molecular formula is C14H20ClN5S. The Hall–Kier alpha value is -1.14. The van der Waals surface area contributed by atoms with Gasteiger partial charge in [0, 0.05) is 24.7 Å². The average Bonchev–Trinajstić information content (AvgIpc) is 3.22. The van der Waals surface area contributed by atoms with Gasteiger partial charge in [0.15, 0.2) is 5.11 Å². The lowest BCUT2D eigenvalue weighted by atomic mass is 10.0. The maximum Gasteiger partial charge on any atom is 0.232 e. The molecule has 0 aromatic carbocycles. The van der Waals surface area contributed by atoms with Gasteiger partial charge < -0.3 is 15.5 Å². The first kappa shape index (κ1) is 14.8. The molecule has 0 spiro atoms. The van der Waals surface area contributed by atoms with Crippen LogP contribution in [0.1, 0.15) is 39.0 Å². The molecule has 2 fully saturated rings. The first-order chi connectivity index (χ1) is 10.1. The van der Waals surface area contributed by atoms with Crippen LogP contribution in [0.4, 0.5) is 11.8 Å². The van der Waals surface area contributed by atoms with Crippen LogP contribution in [-0.4, -0.2) is 33.7 Å². The Kier molecular flexibility index (Phi) is 4.45. The third kappa shape index (κ3) is 3.95. The van der Waals surface area contributed by atoms with Gasteiger partial charge in [0.25, 0.3) is 0 Å². The monoisotopic (exact) mass is 325 g/mol. The summed E-state index contributed by atoms with van der Waals surface area (Å²) in [6.45, 7) is 3.24. The standard InChI is InChI=1S/C14H20ClN5S/c1-9-4-2-3-7-20(9)12-8-11(15)17-13(18-12)19-14(21)16-10-5-6-10/h8-10H,2-7H2,1H3,(H2,16,17,18,19,21). The van der Waals surface area contributed by atoms with Crippen LogP contribution in [-0.2, 0) is 0 Å². The van der Waals surface area contributed by atoms with Gasteiger partial charge in [-0.3, -0.25) is 0 Å². The molecule has 1 atom stereocenters. The molecule has 2 aliphatic rings. The van der Waals surface area contributed by atoms with Gasteiger partial charge in [-0.1, -0.05) is 11.6 Å². The number of hydrogen-bond acceptors (Lipinski definition) is 4. The lowest BCUT2D eigenvalue weighted by Gasteiger charge is -2.34. The Labute approximate surface area is 135 Å². The van der Waals surface area contributed by atoms with Crippen molar-refractivity contribution < 1.29 is 0 Å². The summed E-state index contributed by atoms with van der Waals surface area (Å²) in [6, 6.07) is 2.81. The van der Waals surface area contributed by atoms with Crippen LogP contribution < -0.4 is 15.5 Å². The lowest BCUT2D eigenvalue weighted by Crippen LogP contribution is -2.38. The summed E-state index contributed by atoms with van der Waals surface area (Å²) < 4.78 is 0.